The Hall–Kier alpha value is -3.10. The van der Waals surface area contributed by atoms with Crippen LogP contribution in [0.1, 0.15) is 66.8 Å². The average molecular weight is 456 g/mol. The first-order chi connectivity index (χ1) is 16.6. The topological polar surface area (TPSA) is 67.9 Å². The largest absolute Gasteiger partial charge is 0.381 e. The molecule has 34 heavy (non-hydrogen) atoms. The number of carbonyl (C=O) groups excluding carboxylic acids is 1. The Bertz CT molecular complexity index is 1120. The highest BCUT2D eigenvalue weighted by Crippen LogP contribution is 2.56. The van der Waals surface area contributed by atoms with Crippen LogP contribution in [0.2, 0.25) is 0 Å². The number of rotatable bonds is 5. The van der Waals surface area contributed by atoms with Crippen LogP contribution in [0, 0.1) is 23.2 Å². The second kappa shape index (κ2) is 9.64. The molecule has 5 heteroatoms. The lowest BCUT2D eigenvalue weighted by molar-refractivity contribution is -0.115. The molecule has 2 saturated carbocycles. The molecule has 5 rings (SSSR count). The normalized spacial score (nSPS) is 26.0. The summed E-state index contributed by atoms with van der Waals surface area (Å²) < 4.78 is 5.66. The van der Waals surface area contributed by atoms with Gasteiger partial charge in [0.1, 0.15) is 0 Å². The molecule has 5 nitrogen and oxygen atoms in total. The van der Waals surface area contributed by atoms with Crippen LogP contribution < -0.4 is 5.73 Å². The molecule has 1 spiro atoms. The number of aliphatic imine (C=N–C) groups is 1. The van der Waals surface area contributed by atoms with Crippen LogP contribution in [0.15, 0.2) is 53.5 Å². The van der Waals surface area contributed by atoms with Crippen molar-refractivity contribution in [3.05, 3.63) is 70.8 Å². The first kappa shape index (κ1) is 22.7. The summed E-state index contributed by atoms with van der Waals surface area (Å²) in [5, 5.41) is 0. The molecular weight excluding hydrogens is 422 g/mol. The van der Waals surface area contributed by atoms with Crippen LogP contribution in [0.3, 0.4) is 0 Å². The van der Waals surface area contributed by atoms with Gasteiger partial charge in [0.05, 0.1) is 18.7 Å². The van der Waals surface area contributed by atoms with E-state index in [9.17, 15) is 4.79 Å². The number of methoxy groups -OCH3 is 1. The van der Waals surface area contributed by atoms with Gasteiger partial charge in [-0.1, -0.05) is 48.2 Å². The second-order valence-corrected chi connectivity index (χ2v) is 10.0. The Labute approximate surface area is 202 Å². The van der Waals surface area contributed by atoms with Crippen LogP contribution in [-0.4, -0.2) is 30.5 Å². The minimum Gasteiger partial charge on any atom is -0.381 e. The van der Waals surface area contributed by atoms with Gasteiger partial charge in [-0.3, -0.25) is 9.69 Å². The third-order valence-corrected chi connectivity index (χ3v) is 7.70. The van der Waals surface area contributed by atoms with Gasteiger partial charge in [-0.25, -0.2) is 4.99 Å². The number of hydrogen-bond donors (Lipinski definition) is 1. The molecule has 1 amide bonds. The van der Waals surface area contributed by atoms with Crippen molar-refractivity contribution in [3.8, 4) is 11.8 Å². The predicted octanol–water partition coefficient (Wildman–Crippen LogP) is 4.59. The molecule has 0 bridgehead atoms. The molecule has 0 aliphatic heterocycles. The van der Waals surface area contributed by atoms with E-state index < -0.39 is 0 Å². The number of guanidine groups is 1. The zero-order valence-corrected chi connectivity index (χ0v) is 19.9. The zero-order valence-electron chi connectivity index (χ0n) is 19.9. The molecule has 2 fully saturated rings. The number of nitrogens with zero attached hydrogens (tertiary/aromatic N) is 2. The average Bonchev–Trinajstić information content (AvgIpc) is 3.66. The van der Waals surface area contributed by atoms with Crippen molar-refractivity contribution in [2.24, 2.45) is 22.1 Å². The van der Waals surface area contributed by atoms with Gasteiger partial charge in [-0.15, -0.1) is 0 Å². The fourth-order valence-corrected chi connectivity index (χ4v) is 5.52. The van der Waals surface area contributed by atoms with Gasteiger partial charge in [0.2, 0.25) is 6.41 Å². The molecule has 0 aromatic heterocycles. The minimum atomic E-state index is -0.0822. The lowest BCUT2D eigenvalue weighted by atomic mass is 9.68. The molecule has 0 heterocycles. The smallest absolute Gasteiger partial charge is 0.216 e. The van der Waals surface area contributed by atoms with Gasteiger partial charge >= 0.3 is 0 Å². The highest BCUT2D eigenvalue weighted by atomic mass is 16.5. The first-order valence-corrected chi connectivity index (χ1v) is 12.4. The SMILES string of the molecule is COC1CCC2(CC1)Cc1ccc(C#CC3CC3)cc1C2N=C(N)N(C=O)Cc1ccccc1. The molecule has 0 radical (unpaired) electrons. The van der Waals surface area contributed by atoms with E-state index in [2.05, 4.69) is 30.0 Å². The van der Waals surface area contributed by atoms with E-state index in [1.807, 2.05) is 30.3 Å². The Morgan fingerprint density at radius 1 is 1.18 bits per heavy atom. The minimum absolute atomic E-state index is 0.00578. The number of carbonyl (C=O) groups is 1. The second-order valence-electron chi connectivity index (χ2n) is 10.0. The maximum atomic E-state index is 12.0. The molecule has 1 unspecified atom stereocenters. The zero-order chi connectivity index (χ0) is 23.5. The molecule has 176 valence electrons. The lowest BCUT2D eigenvalue weighted by Gasteiger charge is -2.40. The highest BCUT2D eigenvalue weighted by Gasteiger charge is 2.48. The quantitative estimate of drug-likeness (QED) is 0.310. The van der Waals surface area contributed by atoms with Gasteiger partial charge in [-0.2, -0.15) is 0 Å². The Morgan fingerprint density at radius 3 is 2.62 bits per heavy atom. The van der Waals surface area contributed by atoms with Crippen LogP contribution in [-0.2, 0) is 22.5 Å². The van der Waals surface area contributed by atoms with Crippen molar-refractivity contribution in [1.29, 1.82) is 0 Å². The molecule has 2 N–H and O–H groups in total. The van der Waals surface area contributed by atoms with E-state index in [4.69, 9.17) is 15.5 Å². The van der Waals surface area contributed by atoms with Gasteiger partial charge in [0.25, 0.3) is 0 Å². The summed E-state index contributed by atoms with van der Waals surface area (Å²) in [4.78, 5) is 18.5. The van der Waals surface area contributed by atoms with Crippen molar-refractivity contribution in [2.45, 2.75) is 63.6 Å². The number of fused-ring (bicyclic) bond motifs is 1. The summed E-state index contributed by atoms with van der Waals surface area (Å²) in [6.07, 6.45) is 8.61. The van der Waals surface area contributed by atoms with Gasteiger partial charge in [0, 0.05) is 24.0 Å². The van der Waals surface area contributed by atoms with Gasteiger partial charge in [0.15, 0.2) is 5.96 Å². The predicted molar refractivity (Wildman–Crippen MR) is 134 cm³/mol. The number of hydrogen-bond acceptors (Lipinski definition) is 3. The van der Waals surface area contributed by atoms with E-state index >= 15 is 0 Å². The Kier molecular flexibility index (Phi) is 6.43. The van der Waals surface area contributed by atoms with E-state index in [1.54, 1.807) is 7.11 Å². The maximum Gasteiger partial charge on any atom is 0.216 e. The van der Waals surface area contributed by atoms with Crippen LogP contribution >= 0.6 is 0 Å². The van der Waals surface area contributed by atoms with E-state index in [0.29, 0.717) is 18.6 Å². The Balaban J connectivity index is 1.48. The maximum absolute atomic E-state index is 12.0. The Morgan fingerprint density at radius 2 is 1.94 bits per heavy atom. The van der Waals surface area contributed by atoms with E-state index in [-0.39, 0.29) is 17.4 Å². The molecule has 2 aromatic rings. The van der Waals surface area contributed by atoms with Crippen molar-refractivity contribution < 1.29 is 9.53 Å². The lowest BCUT2D eigenvalue weighted by Crippen LogP contribution is -2.39. The number of ether oxygens (including phenoxy) is 1. The van der Waals surface area contributed by atoms with Crippen molar-refractivity contribution in [2.75, 3.05) is 7.11 Å². The summed E-state index contributed by atoms with van der Waals surface area (Å²) >= 11 is 0. The summed E-state index contributed by atoms with van der Waals surface area (Å²) in [5.41, 5.74) is 11.1. The molecule has 1 atom stereocenters. The van der Waals surface area contributed by atoms with Crippen LogP contribution in [0.25, 0.3) is 0 Å². The fourth-order valence-electron chi connectivity index (χ4n) is 5.52. The third-order valence-electron chi connectivity index (χ3n) is 7.70. The van der Waals surface area contributed by atoms with E-state index in [0.717, 1.165) is 49.6 Å². The van der Waals surface area contributed by atoms with Crippen molar-refractivity contribution in [1.82, 2.24) is 4.90 Å². The molecule has 3 aliphatic rings. The fraction of sp³-hybridized carbons (Fsp3) is 0.448. The van der Waals surface area contributed by atoms with Crippen LogP contribution in [0.5, 0.6) is 0 Å². The number of amides is 1. The highest BCUT2D eigenvalue weighted by molar-refractivity contribution is 5.87. The van der Waals surface area contributed by atoms with Crippen LogP contribution in [0.4, 0.5) is 0 Å². The first-order valence-electron chi connectivity index (χ1n) is 12.4. The third kappa shape index (κ3) is 4.74. The van der Waals surface area contributed by atoms with Crippen molar-refractivity contribution >= 4 is 12.4 Å². The van der Waals surface area contributed by atoms with E-state index in [1.165, 1.54) is 28.9 Å². The summed E-state index contributed by atoms with van der Waals surface area (Å²) in [6.45, 7) is 0.408. The van der Waals surface area contributed by atoms with Gasteiger partial charge in [-0.05, 0) is 73.8 Å². The number of nitrogens with two attached hydrogens (primary N) is 1. The summed E-state index contributed by atoms with van der Waals surface area (Å²) in [7, 11) is 1.80. The molecule has 2 aromatic carbocycles. The van der Waals surface area contributed by atoms with Gasteiger partial charge < -0.3 is 10.5 Å². The summed E-state index contributed by atoms with van der Waals surface area (Å²) in [6, 6.07) is 16.4. The standard InChI is InChI=1S/C29H33N3O2/c1-34-25-13-15-29(16-14-25)18-24-12-11-22(10-9-21-7-8-21)17-26(24)27(29)31-28(30)32(20-33)19-23-5-3-2-4-6-23/h2-6,11-12,17,20-21,25,27H,7-8,13-16,18-19H2,1H3,(H2,30,31). The molecular formula is C29H33N3O2. The van der Waals surface area contributed by atoms with Crippen molar-refractivity contribution in [3.63, 3.8) is 0 Å². The monoisotopic (exact) mass is 455 g/mol. The summed E-state index contributed by atoms with van der Waals surface area (Å²) in [5.74, 6) is 7.58. The number of benzene rings is 2. The molecule has 0 saturated heterocycles. The molecule has 3 aliphatic carbocycles.